The number of primary amides is 1. The Labute approximate surface area is 118 Å². The molecular formula is C13H18N2O4S. The van der Waals surface area contributed by atoms with E-state index in [1.165, 1.54) is 12.1 Å². The molecule has 1 aliphatic rings. The molecule has 0 aliphatic heterocycles. The standard InChI is InChI=1S/C13H18N2O4S/c1-8-2-3-11(6-12(8)13(14)17)20(18,19)15-7-9-4-10(16)5-9/h2-3,6,9-10,15-16H,4-5,7H2,1H3,(H2,14,17). The lowest BCUT2D eigenvalue weighted by molar-refractivity contribution is 0.0453. The van der Waals surface area contributed by atoms with Gasteiger partial charge in [-0.2, -0.15) is 0 Å². The van der Waals surface area contributed by atoms with Gasteiger partial charge in [0.1, 0.15) is 0 Å². The maximum absolute atomic E-state index is 12.1. The van der Waals surface area contributed by atoms with Gasteiger partial charge in [0.2, 0.25) is 15.9 Å². The van der Waals surface area contributed by atoms with E-state index in [2.05, 4.69) is 4.72 Å². The maximum atomic E-state index is 12.1. The highest BCUT2D eigenvalue weighted by Gasteiger charge is 2.28. The van der Waals surface area contributed by atoms with Crippen LogP contribution in [0.5, 0.6) is 0 Å². The number of benzene rings is 1. The minimum atomic E-state index is -3.66. The molecule has 2 rings (SSSR count). The highest BCUT2D eigenvalue weighted by Crippen LogP contribution is 2.26. The van der Waals surface area contributed by atoms with Crippen molar-refractivity contribution in [1.82, 2.24) is 4.72 Å². The molecule has 0 unspecified atom stereocenters. The van der Waals surface area contributed by atoms with Crippen molar-refractivity contribution in [3.05, 3.63) is 29.3 Å². The zero-order valence-corrected chi connectivity index (χ0v) is 12.0. The van der Waals surface area contributed by atoms with Crippen molar-refractivity contribution in [2.45, 2.75) is 30.8 Å². The second-order valence-electron chi connectivity index (χ2n) is 5.18. The predicted octanol–water partition coefficient (Wildman–Crippen LogP) is 0.143. The Kier molecular flexibility index (Phi) is 4.12. The Bertz CT molecular complexity index is 621. The SMILES string of the molecule is Cc1ccc(S(=O)(=O)NCC2CC(O)C2)cc1C(N)=O. The van der Waals surface area contributed by atoms with Crippen molar-refractivity contribution in [3.63, 3.8) is 0 Å². The third-order valence-corrected chi connectivity index (χ3v) is 4.98. The Hall–Kier alpha value is -1.44. The van der Waals surface area contributed by atoms with Crippen molar-refractivity contribution < 1.29 is 18.3 Å². The summed E-state index contributed by atoms with van der Waals surface area (Å²) in [5.74, 6) is -0.484. The van der Waals surface area contributed by atoms with Gasteiger partial charge in [0.05, 0.1) is 11.0 Å². The number of aliphatic hydroxyl groups is 1. The van der Waals surface area contributed by atoms with Gasteiger partial charge < -0.3 is 10.8 Å². The van der Waals surface area contributed by atoms with Crippen LogP contribution in [-0.2, 0) is 10.0 Å². The normalized spacial score (nSPS) is 22.3. The number of nitrogens with two attached hydrogens (primary N) is 1. The molecule has 110 valence electrons. The summed E-state index contributed by atoms with van der Waals surface area (Å²) in [6.45, 7) is 1.98. The summed E-state index contributed by atoms with van der Waals surface area (Å²) in [5, 5.41) is 9.16. The van der Waals surface area contributed by atoms with Crippen LogP contribution in [0.25, 0.3) is 0 Å². The van der Waals surface area contributed by atoms with E-state index in [1.54, 1.807) is 13.0 Å². The molecule has 0 atom stereocenters. The van der Waals surface area contributed by atoms with E-state index in [9.17, 15) is 13.2 Å². The number of hydrogen-bond acceptors (Lipinski definition) is 4. The zero-order chi connectivity index (χ0) is 14.9. The van der Waals surface area contributed by atoms with Gasteiger partial charge in [-0.25, -0.2) is 13.1 Å². The molecule has 0 saturated heterocycles. The van der Waals surface area contributed by atoms with Crippen LogP contribution in [0.15, 0.2) is 23.1 Å². The molecule has 0 heterocycles. The van der Waals surface area contributed by atoms with Gasteiger partial charge in [0.15, 0.2) is 0 Å². The smallest absolute Gasteiger partial charge is 0.249 e. The van der Waals surface area contributed by atoms with Crippen molar-refractivity contribution in [2.75, 3.05) is 6.54 Å². The van der Waals surface area contributed by atoms with Gasteiger partial charge in [-0.15, -0.1) is 0 Å². The van der Waals surface area contributed by atoms with Gasteiger partial charge in [-0.05, 0) is 43.4 Å². The molecule has 7 heteroatoms. The van der Waals surface area contributed by atoms with E-state index in [0.29, 0.717) is 24.9 Å². The van der Waals surface area contributed by atoms with Crippen LogP contribution in [0.3, 0.4) is 0 Å². The molecule has 4 N–H and O–H groups in total. The average Bonchev–Trinajstić information content (AvgIpc) is 2.33. The fourth-order valence-corrected chi connectivity index (χ4v) is 3.35. The first-order valence-corrected chi connectivity index (χ1v) is 7.86. The molecule has 1 aliphatic carbocycles. The minimum absolute atomic E-state index is 0.0248. The van der Waals surface area contributed by atoms with E-state index >= 15 is 0 Å². The topological polar surface area (TPSA) is 109 Å². The number of carbonyl (C=O) groups is 1. The highest BCUT2D eigenvalue weighted by molar-refractivity contribution is 7.89. The number of aliphatic hydroxyl groups excluding tert-OH is 1. The van der Waals surface area contributed by atoms with Crippen molar-refractivity contribution in [2.24, 2.45) is 11.7 Å². The third kappa shape index (κ3) is 3.17. The molecule has 1 amide bonds. The monoisotopic (exact) mass is 298 g/mol. The summed E-state index contributed by atoms with van der Waals surface area (Å²) in [6.07, 6.45) is 0.914. The number of aryl methyl sites for hydroxylation is 1. The maximum Gasteiger partial charge on any atom is 0.249 e. The van der Waals surface area contributed by atoms with E-state index in [1.807, 2.05) is 0 Å². The Morgan fingerprint density at radius 3 is 2.65 bits per heavy atom. The minimum Gasteiger partial charge on any atom is -0.393 e. The van der Waals surface area contributed by atoms with Crippen LogP contribution < -0.4 is 10.5 Å². The summed E-state index contributed by atoms with van der Waals surface area (Å²) in [6, 6.07) is 4.29. The third-order valence-electron chi connectivity index (χ3n) is 3.56. The van der Waals surface area contributed by atoms with Crippen LogP contribution in [0.1, 0.15) is 28.8 Å². The Morgan fingerprint density at radius 1 is 1.45 bits per heavy atom. The van der Waals surface area contributed by atoms with Gasteiger partial charge in [-0.3, -0.25) is 4.79 Å². The first kappa shape index (κ1) is 15.0. The molecule has 1 aromatic rings. The molecule has 0 aromatic heterocycles. The lowest BCUT2D eigenvalue weighted by Crippen LogP contribution is -2.38. The van der Waals surface area contributed by atoms with Crippen LogP contribution >= 0.6 is 0 Å². The zero-order valence-electron chi connectivity index (χ0n) is 11.2. The molecule has 20 heavy (non-hydrogen) atoms. The van der Waals surface area contributed by atoms with Crippen LogP contribution in [-0.4, -0.2) is 32.1 Å². The van der Waals surface area contributed by atoms with E-state index < -0.39 is 15.9 Å². The fraction of sp³-hybridized carbons (Fsp3) is 0.462. The summed E-state index contributed by atoms with van der Waals surface area (Å²) in [7, 11) is -3.66. The summed E-state index contributed by atoms with van der Waals surface area (Å²) in [5.41, 5.74) is 6.05. The molecule has 0 radical (unpaired) electrons. The number of rotatable bonds is 5. The van der Waals surface area contributed by atoms with Gasteiger partial charge in [-0.1, -0.05) is 6.07 Å². The number of carbonyl (C=O) groups excluding carboxylic acids is 1. The van der Waals surface area contributed by atoms with Crippen LogP contribution in [0.2, 0.25) is 0 Å². The lowest BCUT2D eigenvalue weighted by Gasteiger charge is -2.31. The summed E-state index contributed by atoms with van der Waals surface area (Å²) < 4.78 is 26.7. The first-order chi connectivity index (χ1) is 9.29. The first-order valence-electron chi connectivity index (χ1n) is 6.38. The molecule has 1 aromatic carbocycles. The van der Waals surface area contributed by atoms with Gasteiger partial charge in [0, 0.05) is 12.1 Å². The van der Waals surface area contributed by atoms with Gasteiger partial charge >= 0.3 is 0 Å². The van der Waals surface area contributed by atoms with Crippen LogP contribution in [0, 0.1) is 12.8 Å². The number of hydrogen-bond donors (Lipinski definition) is 3. The van der Waals surface area contributed by atoms with E-state index in [0.717, 1.165) is 0 Å². The van der Waals surface area contributed by atoms with Crippen molar-refractivity contribution in [1.29, 1.82) is 0 Å². The van der Waals surface area contributed by atoms with E-state index in [-0.39, 0.29) is 22.5 Å². The summed E-state index contributed by atoms with van der Waals surface area (Å²) >= 11 is 0. The Balaban J connectivity index is 2.12. The molecule has 1 fully saturated rings. The predicted molar refractivity (Wildman–Crippen MR) is 73.6 cm³/mol. The quantitative estimate of drug-likeness (QED) is 0.718. The number of amides is 1. The van der Waals surface area contributed by atoms with E-state index in [4.69, 9.17) is 10.8 Å². The largest absolute Gasteiger partial charge is 0.393 e. The highest BCUT2D eigenvalue weighted by atomic mass is 32.2. The Morgan fingerprint density at radius 2 is 2.10 bits per heavy atom. The molecular weight excluding hydrogens is 280 g/mol. The number of nitrogens with one attached hydrogen (secondary N) is 1. The molecule has 1 saturated carbocycles. The van der Waals surface area contributed by atoms with Crippen LogP contribution in [0.4, 0.5) is 0 Å². The number of sulfonamides is 1. The average molecular weight is 298 g/mol. The second kappa shape index (κ2) is 5.51. The van der Waals surface area contributed by atoms with Crippen molar-refractivity contribution in [3.8, 4) is 0 Å². The molecule has 6 nitrogen and oxygen atoms in total. The molecule has 0 spiro atoms. The fourth-order valence-electron chi connectivity index (χ4n) is 2.21. The second-order valence-corrected chi connectivity index (χ2v) is 6.95. The lowest BCUT2D eigenvalue weighted by atomic mass is 9.83. The van der Waals surface area contributed by atoms with Crippen molar-refractivity contribution >= 4 is 15.9 Å². The molecule has 0 bridgehead atoms. The summed E-state index contributed by atoms with van der Waals surface area (Å²) in [4.78, 5) is 11.3. The van der Waals surface area contributed by atoms with Gasteiger partial charge in [0.25, 0.3) is 0 Å².